The third-order valence-electron chi connectivity index (χ3n) is 3.91. The molecule has 0 spiro atoms. The number of anilines is 2. The lowest BCUT2D eigenvalue weighted by atomic mass is 10.1. The first-order chi connectivity index (χ1) is 11.5. The van der Waals surface area contributed by atoms with E-state index in [0.717, 1.165) is 40.9 Å². The minimum Gasteiger partial charge on any atom is -0.399 e. The number of hydrogen-bond acceptors (Lipinski definition) is 5. The van der Waals surface area contributed by atoms with Crippen LogP contribution in [0.1, 0.15) is 11.1 Å². The Morgan fingerprint density at radius 2 is 1.92 bits per heavy atom. The van der Waals surface area contributed by atoms with Crippen LogP contribution in [0.25, 0.3) is 10.9 Å². The molecule has 3 N–H and O–H groups in total. The molecule has 3 rings (SSSR count). The normalized spacial score (nSPS) is 10.7. The van der Waals surface area contributed by atoms with Crippen molar-refractivity contribution in [1.29, 1.82) is 0 Å². The van der Waals surface area contributed by atoms with Gasteiger partial charge in [-0.1, -0.05) is 12.1 Å². The summed E-state index contributed by atoms with van der Waals surface area (Å²) in [6.07, 6.45) is 0.860. The number of nitrogen functional groups attached to an aromatic ring is 1. The van der Waals surface area contributed by atoms with Crippen LogP contribution in [0.5, 0.6) is 0 Å². The molecule has 0 saturated carbocycles. The molecule has 0 saturated heterocycles. The van der Waals surface area contributed by atoms with Gasteiger partial charge in [-0.05, 0) is 48.7 Å². The number of nitrogens with zero attached hydrogens (tertiary/aromatic N) is 2. The fourth-order valence-corrected chi connectivity index (χ4v) is 2.61. The van der Waals surface area contributed by atoms with E-state index in [1.54, 1.807) is 12.1 Å². The maximum atomic E-state index is 10.9. The number of nitrogens with one attached hydrogen (secondary N) is 1. The van der Waals surface area contributed by atoms with Gasteiger partial charge in [0.15, 0.2) is 0 Å². The lowest BCUT2D eigenvalue weighted by Gasteiger charge is -2.09. The fourth-order valence-electron chi connectivity index (χ4n) is 2.61. The Labute approximate surface area is 139 Å². The molecule has 6 heteroatoms. The lowest BCUT2D eigenvalue weighted by molar-refractivity contribution is -0.384. The summed E-state index contributed by atoms with van der Waals surface area (Å²) in [5.41, 5.74) is 9.42. The highest BCUT2D eigenvalue weighted by atomic mass is 16.6. The molecule has 122 valence electrons. The standard InChI is InChI=1S/C18H18N4O2/c1-12-10-18(20-9-8-13-2-4-14(19)5-3-13)21-17-7-6-15(22(23)24)11-16(12)17/h2-7,10-11H,8-9,19H2,1H3,(H,20,21). The van der Waals surface area contributed by atoms with Crippen molar-refractivity contribution < 1.29 is 4.92 Å². The van der Waals surface area contributed by atoms with Gasteiger partial charge in [-0.25, -0.2) is 4.98 Å². The Kier molecular flexibility index (Phi) is 4.29. The van der Waals surface area contributed by atoms with Crippen molar-refractivity contribution in [2.75, 3.05) is 17.6 Å². The average molecular weight is 322 g/mol. The van der Waals surface area contributed by atoms with Crippen LogP contribution in [-0.4, -0.2) is 16.5 Å². The van der Waals surface area contributed by atoms with E-state index in [0.29, 0.717) is 0 Å². The number of aryl methyl sites for hydroxylation is 1. The molecule has 2 aromatic carbocycles. The highest BCUT2D eigenvalue weighted by molar-refractivity contribution is 5.85. The van der Waals surface area contributed by atoms with Crippen LogP contribution < -0.4 is 11.1 Å². The monoisotopic (exact) mass is 322 g/mol. The van der Waals surface area contributed by atoms with E-state index >= 15 is 0 Å². The molecule has 6 nitrogen and oxygen atoms in total. The zero-order valence-electron chi connectivity index (χ0n) is 13.3. The molecule has 0 unspecified atom stereocenters. The number of benzene rings is 2. The summed E-state index contributed by atoms with van der Waals surface area (Å²) in [6, 6.07) is 14.4. The molecule has 0 aliphatic carbocycles. The van der Waals surface area contributed by atoms with Crippen LogP contribution in [-0.2, 0) is 6.42 Å². The van der Waals surface area contributed by atoms with Crippen molar-refractivity contribution in [3.63, 3.8) is 0 Å². The molecule has 3 aromatic rings. The molecular weight excluding hydrogens is 304 g/mol. The highest BCUT2D eigenvalue weighted by Crippen LogP contribution is 2.24. The van der Waals surface area contributed by atoms with E-state index in [1.807, 2.05) is 37.3 Å². The summed E-state index contributed by atoms with van der Waals surface area (Å²) < 4.78 is 0. The van der Waals surface area contributed by atoms with Crippen molar-refractivity contribution >= 4 is 28.1 Å². The molecule has 0 atom stereocenters. The van der Waals surface area contributed by atoms with Crippen molar-refractivity contribution in [2.24, 2.45) is 0 Å². The minimum atomic E-state index is -0.391. The van der Waals surface area contributed by atoms with E-state index in [4.69, 9.17) is 5.73 Å². The van der Waals surface area contributed by atoms with E-state index in [1.165, 1.54) is 11.6 Å². The number of aromatic nitrogens is 1. The van der Waals surface area contributed by atoms with Gasteiger partial charge in [0.25, 0.3) is 5.69 Å². The second-order valence-corrected chi connectivity index (χ2v) is 5.70. The number of rotatable bonds is 5. The Morgan fingerprint density at radius 3 is 2.62 bits per heavy atom. The number of fused-ring (bicyclic) bond motifs is 1. The Hall–Kier alpha value is -3.15. The summed E-state index contributed by atoms with van der Waals surface area (Å²) in [5, 5.41) is 15.0. The van der Waals surface area contributed by atoms with Crippen LogP contribution in [0.2, 0.25) is 0 Å². The smallest absolute Gasteiger partial charge is 0.270 e. The second kappa shape index (κ2) is 6.54. The van der Waals surface area contributed by atoms with Crippen molar-refractivity contribution in [1.82, 2.24) is 4.98 Å². The first kappa shape index (κ1) is 15.7. The van der Waals surface area contributed by atoms with Crippen LogP contribution in [0.3, 0.4) is 0 Å². The van der Waals surface area contributed by atoms with Crippen LogP contribution in [0.4, 0.5) is 17.2 Å². The van der Waals surface area contributed by atoms with Crippen molar-refractivity contribution in [3.8, 4) is 0 Å². The van der Waals surface area contributed by atoms with Crippen molar-refractivity contribution in [2.45, 2.75) is 13.3 Å². The van der Waals surface area contributed by atoms with Gasteiger partial charge in [0.2, 0.25) is 0 Å². The molecule has 0 aliphatic rings. The van der Waals surface area contributed by atoms with Gasteiger partial charge in [0.1, 0.15) is 5.82 Å². The molecular formula is C18H18N4O2. The first-order valence-electron chi connectivity index (χ1n) is 7.67. The summed E-state index contributed by atoms with van der Waals surface area (Å²) in [7, 11) is 0. The number of non-ortho nitro benzene ring substituents is 1. The van der Waals surface area contributed by atoms with Crippen LogP contribution >= 0.6 is 0 Å². The highest BCUT2D eigenvalue weighted by Gasteiger charge is 2.09. The molecule has 0 bridgehead atoms. The fraction of sp³-hybridized carbons (Fsp3) is 0.167. The third kappa shape index (κ3) is 3.43. The second-order valence-electron chi connectivity index (χ2n) is 5.70. The minimum absolute atomic E-state index is 0.0801. The Morgan fingerprint density at radius 1 is 1.17 bits per heavy atom. The van der Waals surface area contributed by atoms with Gasteiger partial charge in [-0.2, -0.15) is 0 Å². The number of nitrogens with two attached hydrogens (primary N) is 1. The summed E-state index contributed by atoms with van der Waals surface area (Å²) in [5.74, 6) is 0.768. The van der Waals surface area contributed by atoms with Gasteiger partial charge in [0, 0.05) is 29.8 Å². The predicted molar refractivity (Wildman–Crippen MR) is 96.2 cm³/mol. The van der Waals surface area contributed by atoms with E-state index < -0.39 is 4.92 Å². The molecule has 0 aliphatic heterocycles. The third-order valence-corrected chi connectivity index (χ3v) is 3.91. The molecule has 1 heterocycles. The number of pyridine rings is 1. The maximum absolute atomic E-state index is 10.9. The summed E-state index contributed by atoms with van der Waals surface area (Å²) in [6.45, 7) is 2.67. The lowest BCUT2D eigenvalue weighted by Crippen LogP contribution is -2.07. The molecule has 1 aromatic heterocycles. The summed E-state index contributed by atoms with van der Waals surface area (Å²) >= 11 is 0. The summed E-state index contributed by atoms with van der Waals surface area (Å²) in [4.78, 5) is 15.0. The van der Waals surface area contributed by atoms with Gasteiger partial charge in [-0.15, -0.1) is 0 Å². The van der Waals surface area contributed by atoms with Gasteiger partial charge in [-0.3, -0.25) is 10.1 Å². The molecule has 0 amide bonds. The quantitative estimate of drug-likeness (QED) is 0.424. The topological polar surface area (TPSA) is 94.1 Å². The zero-order chi connectivity index (χ0) is 17.1. The molecule has 0 fully saturated rings. The van der Waals surface area contributed by atoms with E-state index in [2.05, 4.69) is 10.3 Å². The first-order valence-corrected chi connectivity index (χ1v) is 7.67. The maximum Gasteiger partial charge on any atom is 0.270 e. The van der Waals surface area contributed by atoms with Crippen LogP contribution in [0, 0.1) is 17.0 Å². The number of nitro groups is 1. The van der Waals surface area contributed by atoms with Gasteiger partial charge in [0.05, 0.1) is 10.4 Å². The Balaban J connectivity index is 1.74. The largest absolute Gasteiger partial charge is 0.399 e. The SMILES string of the molecule is Cc1cc(NCCc2ccc(N)cc2)nc2ccc([N+](=O)[O-])cc12. The van der Waals surface area contributed by atoms with Crippen LogP contribution in [0.15, 0.2) is 48.5 Å². The van der Waals surface area contributed by atoms with E-state index in [-0.39, 0.29) is 5.69 Å². The average Bonchev–Trinajstić information content (AvgIpc) is 2.56. The van der Waals surface area contributed by atoms with Gasteiger partial charge < -0.3 is 11.1 Å². The molecule has 24 heavy (non-hydrogen) atoms. The predicted octanol–water partition coefficient (Wildman–Crippen LogP) is 3.69. The number of nitro benzene ring substituents is 1. The Bertz CT molecular complexity index is 891. The van der Waals surface area contributed by atoms with E-state index in [9.17, 15) is 10.1 Å². The zero-order valence-corrected chi connectivity index (χ0v) is 13.3. The van der Waals surface area contributed by atoms with Gasteiger partial charge >= 0.3 is 0 Å². The van der Waals surface area contributed by atoms with Crippen molar-refractivity contribution in [3.05, 3.63) is 69.8 Å². The molecule has 0 radical (unpaired) electrons. The number of hydrogen-bond donors (Lipinski definition) is 2.